The zero-order chi connectivity index (χ0) is 19.0. The fourth-order valence-electron chi connectivity index (χ4n) is 3.54. The van der Waals surface area contributed by atoms with E-state index in [1.165, 1.54) is 0 Å². The van der Waals surface area contributed by atoms with Gasteiger partial charge in [-0.15, -0.1) is 0 Å². The number of hydrogen-bond donors (Lipinski definition) is 1. The molecule has 2 unspecified atom stereocenters. The highest BCUT2D eigenvalue weighted by Crippen LogP contribution is 2.30. The first-order valence-electron chi connectivity index (χ1n) is 8.79. The number of urea groups is 1. The maximum absolute atomic E-state index is 12.7. The summed E-state index contributed by atoms with van der Waals surface area (Å²) < 4.78 is 11.2. The SMILES string of the molecule is COc1ccc(NC(=O)N2CC3Oc4ccccc4C(=O)N(C)C3C2)cc1. The number of carbonyl (C=O) groups excluding carboxylic acids is 2. The maximum Gasteiger partial charge on any atom is 0.322 e. The number of likely N-dealkylation sites (N-methyl/N-ethyl adjacent to an activating group) is 1. The number of hydrogen-bond acceptors (Lipinski definition) is 4. The Labute approximate surface area is 157 Å². The van der Waals surface area contributed by atoms with Crippen molar-refractivity contribution in [1.29, 1.82) is 0 Å². The van der Waals surface area contributed by atoms with E-state index >= 15 is 0 Å². The molecule has 27 heavy (non-hydrogen) atoms. The highest BCUT2D eigenvalue weighted by molar-refractivity contribution is 5.97. The number of amides is 3. The molecular formula is C20H21N3O4. The van der Waals surface area contributed by atoms with Crippen LogP contribution in [0.1, 0.15) is 10.4 Å². The second-order valence-corrected chi connectivity index (χ2v) is 6.70. The van der Waals surface area contributed by atoms with Crippen LogP contribution in [0, 0.1) is 0 Å². The predicted molar refractivity (Wildman–Crippen MR) is 100 cm³/mol. The molecule has 2 aromatic carbocycles. The molecule has 4 rings (SSSR count). The van der Waals surface area contributed by atoms with Crippen molar-refractivity contribution in [3.8, 4) is 11.5 Å². The lowest BCUT2D eigenvalue weighted by Crippen LogP contribution is -2.44. The molecule has 7 heteroatoms. The van der Waals surface area contributed by atoms with E-state index in [4.69, 9.17) is 9.47 Å². The van der Waals surface area contributed by atoms with Crippen LogP contribution in [0.25, 0.3) is 0 Å². The van der Waals surface area contributed by atoms with Gasteiger partial charge >= 0.3 is 6.03 Å². The standard InChI is InChI=1S/C20H21N3O4/c1-22-16-11-23(20(25)21-13-7-9-14(26-2)10-8-13)12-18(16)27-17-6-4-3-5-15(17)19(22)24/h3-10,16,18H,11-12H2,1-2H3,(H,21,25). The summed E-state index contributed by atoms with van der Waals surface area (Å²) in [5.41, 5.74) is 1.24. The van der Waals surface area contributed by atoms with Gasteiger partial charge in [-0.1, -0.05) is 12.1 Å². The summed E-state index contributed by atoms with van der Waals surface area (Å²) in [4.78, 5) is 28.7. The number of methoxy groups -OCH3 is 1. The zero-order valence-electron chi connectivity index (χ0n) is 15.2. The van der Waals surface area contributed by atoms with E-state index in [9.17, 15) is 9.59 Å². The number of nitrogens with zero attached hydrogens (tertiary/aromatic N) is 2. The van der Waals surface area contributed by atoms with Crippen LogP contribution in [0.5, 0.6) is 11.5 Å². The van der Waals surface area contributed by atoms with E-state index in [1.807, 2.05) is 12.1 Å². The first-order chi connectivity index (χ1) is 13.1. The van der Waals surface area contributed by atoms with Gasteiger partial charge in [-0.25, -0.2) is 4.79 Å². The van der Waals surface area contributed by atoms with Crippen LogP contribution in [0.15, 0.2) is 48.5 Å². The summed E-state index contributed by atoms with van der Waals surface area (Å²) in [5, 5.41) is 2.88. The summed E-state index contributed by atoms with van der Waals surface area (Å²) in [6.45, 7) is 0.835. The average molecular weight is 367 g/mol. The summed E-state index contributed by atoms with van der Waals surface area (Å²) in [5.74, 6) is 1.21. The molecule has 0 bridgehead atoms. The van der Waals surface area contributed by atoms with Gasteiger partial charge in [0.2, 0.25) is 0 Å². The Morgan fingerprint density at radius 3 is 2.63 bits per heavy atom. The normalized spacial score (nSPS) is 21.0. The molecule has 0 radical (unpaired) electrons. The molecule has 3 amide bonds. The van der Waals surface area contributed by atoms with Crippen molar-refractivity contribution in [2.24, 2.45) is 0 Å². The number of anilines is 1. The van der Waals surface area contributed by atoms with E-state index in [0.717, 1.165) is 5.75 Å². The Morgan fingerprint density at radius 2 is 1.89 bits per heavy atom. The van der Waals surface area contributed by atoms with E-state index in [0.29, 0.717) is 30.1 Å². The average Bonchev–Trinajstić information content (AvgIpc) is 3.08. The van der Waals surface area contributed by atoms with E-state index in [2.05, 4.69) is 5.32 Å². The van der Waals surface area contributed by atoms with Gasteiger partial charge in [0.25, 0.3) is 5.91 Å². The van der Waals surface area contributed by atoms with E-state index in [-0.39, 0.29) is 24.1 Å². The molecule has 2 atom stereocenters. The van der Waals surface area contributed by atoms with Crippen LogP contribution in [0.2, 0.25) is 0 Å². The van der Waals surface area contributed by atoms with Gasteiger partial charge in [0.05, 0.1) is 25.3 Å². The number of nitrogens with one attached hydrogen (secondary N) is 1. The molecule has 1 N–H and O–H groups in total. The lowest BCUT2D eigenvalue weighted by molar-refractivity contribution is 0.0682. The van der Waals surface area contributed by atoms with Crippen LogP contribution in [-0.2, 0) is 0 Å². The molecule has 0 saturated carbocycles. The smallest absolute Gasteiger partial charge is 0.322 e. The molecule has 2 aliphatic heterocycles. The second kappa shape index (κ2) is 6.83. The van der Waals surface area contributed by atoms with Crippen molar-refractivity contribution in [2.75, 3.05) is 32.6 Å². The molecule has 7 nitrogen and oxygen atoms in total. The van der Waals surface area contributed by atoms with Crippen LogP contribution in [-0.4, -0.2) is 61.1 Å². The van der Waals surface area contributed by atoms with Crippen molar-refractivity contribution in [2.45, 2.75) is 12.1 Å². The number of ether oxygens (including phenoxy) is 2. The maximum atomic E-state index is 12.7. The summed E-state index contributed by atoms with van der Waals surface area (Å²) in [6.07, 6.45) is -0.260. The minimum absolute atomic E-state index is 0.0875. The predicted octanol–water partition coefficient (Wildman–Crippen LogP) is 2.44. The second-order valence-electron chi connectivity index (χ2n) is 6.70. The molecule has 140 valence electrons. The van der Waals surface area contributed by atoms with Gasteiger partial charge in [0, 0.05) is 19.3 Å². The van der Waals surface area contributed by atoms with Crippen molar-refractivity contribution >= 4 is 17.6 Å². The Bertz CT molecular complexity index is 868. The van der Waals surface area contributed by atoms with E-state index < -0.39 is 0 Å². The molecule has 0 spiro atoms. The third kappa shape index (κ3) is 3.16. The number of fused-ring (bicyclic) bond motifs is 2. The van der Waals surface area contributed by atoms with Gasteiger partial charge in [-0.2, -0.15) is 0 Å². The Morgan fingerprint density at radius 1 is 1.15 bits per heavy atom. The van der Waals surface area contributed by atoms with Crippen molar-refractivity contribution < 1.29 is 19.1 Å². The quantitative estimate of drug-likeness (QED) is 0.885. The van der Waals surface area contributed by atoms with Gasteiger partial charge in [0.15, 0.2) is 0 Å². The Hall–Kier alpha value is -3.22. The number of carbonyl (C=O) groups is 2. The topological polar surface area (TPSA) is 71.1 Å². The molecule has 2 aromatic rings. The molecule has 1 saturated heterocycles. The Balaban J connectivity index is 1.49. The highest BCUT2D eigenvalue weighted by Gasteiger charge is 2.43. The fourth-order valence-corrected chi connectivity index (χ4v) is 3.54. The number of likely N-dealkylation sites (tertiary alicyclic amines) is 1. The zero-order valence-corrected chi connectivity index (χ0v) is 15.2. The Kier molecular flexibility index (Phi) is 4.35. The first kappa shape index (κ1) is 17.2. The number of benzene rings is 2. The van der Waals surface area contributed by atoms with Crippen LogP contribution >= 0.6 is 0 Å². The molecule has 0 aromatic heterocycles. The van der Waals surface area contributed by atoms with Crippen LogP contribution in [0.3, 0.4) is 0 Å². The lowest BCUT2D eigenvalue weighted by atomic mass is 10.1. The summed E-state index contributed by atoms with van der Waals surface area (Å²) in [7, 11) is 3.36. The van der Waals surface area contributed by atoms with E-state index in [1.54, 1.807) is 60.4 Å². The minimum Gasteiger partial charge on any atom is -0.497 e. The number of rotatable bonds is 2. The highest BCUT2D eigenvalue weighted by atomic mass is 16.5. The largest absolute Gasteiger partial charge is 0.497 e. The fraction of sp³-hybridized carbons (Fsp3) is 0.300. The third-order valence-electron chi connectivity index (χ3n) is 5.08. The molecule has 1 fully saturated rings. The molecular weight excluding hydrogens is 346 g/mol. The van der Waals surface area contributed by atoms with Crippen molar-refractivity contribution in [1.82, 2.24) is 9.80 Å². The summed E-state index contributed by atoms with van der Waals surface area (Å²) >= 11 is 0. The number of para-hydroxylation sites is 1. The molecule has 2 heterocycles. The molecule has 0 aliphatic carbocycles. The summed E-state index contributed by atoms with van der Waals surface area (Å²) in [6, 6.07) is 14.0. The van der Waals surface area contributed by atoms with Crippen LogP contribution in [0.4, 0.5) is 10.5 Å². The van der Waals surface area contributed by atoms with Crippen LogP contribution < -0.4 is 14.8 Å². The van der Waals surface area contributed by atoms with Crippen molar-refractivity contribution in [3.63, 3.8) is 0 Å². The minimum atomic E-state index is -0.260. The molecule has 2 aliphatic rings. The van der Waals surface area contributed by atoms with Gasteiger partial charge in [0.1, 0.15) is 17.6 Å². The third-order valence-corrected chi connectivity index (χ3v) is 5.08. The van der Waals surface area contributed by atoms with Gasteiger partial charge in [-0.05, 0) is 36.4 Å². The lowest BCUT2D eigenvalue weighted by Gasteiger charge is -2.25. The first-order valence-corrected chi connectivity index (χ1v) is 8.79. The van der Waals surface area contributed by atoms with Gasteiger partial charge in [-0.3, -0.25) is 4.79 Å². The monoisotopic (exact) mass is 367 g/mol. The van der Waals surface area contributed by atoms with Gasteiger partial charge < -0.3 is 24.6 Å². The van der Waals surface area contributed by atoms with Crippen molar-refractivity contribution in [3.05, 3.63) is 54.1 Å².